The van der Waals surface area contributed by atoms with E-state index in [1.807, 2.05) is 0 Å². The van der Waals surface area contributed by atoms with Crippen molar-refractivity contribution in [2.24, 2.45) is 23.7 Å². The van der Waals surface area contributed by atoms with E-state index in [2.05, 4.69) is 163 Å². The Balaban J connectivity index is 1.13. The molecule has 0 aromatic heterocycles. The summed E-state index contributed by atoms with van der Waals surface area (Å²) in [5.74, 6) is 5.15. The molecule has 58 heavy (non-hydrogen) atoms. The number of nitrogens with zero attached hydrogens (tertiary/aromatic N) is 1. The van der Waals surface area contributed by atoms with E-state index in [1.165, 1.54) is 119 Å². The summed E-state index contributed by atoms with van der Waals surface area (Å²) in [6.07, 6.45) is 11.6. The van der Waals surface area contributed by atoms with Gasteiger partial charge >= 0.3 is 0 Å². The SMILES string of the molecule is CC1(C)CCC(C)(C)c2cc(N(c3ccc4c(c3)C(C)(C)CCC4(C)C)c3ccc4c(c3)C3(c5ccc(-c6ccccc6)cc5O4)C4CC5CC(C4)CC3C5)ccc21. The summed E-state index contributed by atoms with van der Waals surface area (Å²) in [6.45, 7) is 19.6. The molecule has 0 atom stereocenters. The maximum atomic E-state index is 7.15. The van der Waals surface area contributed by atoms with Gasteiger partial charge in [-0.15, -0.1) is 0 Å². The van der Waals surface area contributed by atoms with Crippen molar-refractivity contribution in [3.8, 4) is 22.6 Å². The summed E-state index contributed by atoms with van der Waals surface area (Å²) in [6, 6.07) is 40.4. The van der Waals surface area contributed by atoms with Crippen LogP contribution in [0, 0.1) is 23.7 Å². The van der Waals surface area contributed by atoms with Crippen LogP contribution in [0.4, 0.5) is 17.1 Å². The van der Waals surface area contributed by atoms with Crippen molar-refractivity contribution in [1.29, 1.82) is 0 Å². The van der Waals surface area contributed by atoms with Crippen LogP contribution in [0.15, 0.2) is 103 Å². The van der Waals surface area contributed by atoms with Gasteiger partial charge in [0.15, 0.2) is 0 Å². The van der Waals surface area contributed by atoms with Crippen LogP contribution >= 0.6 is 0 Å². The number of hydrogen-bond acceptors (Lipinski definition) is 2. The fourth-order valence-electron chi connectivity index (χ4n) is 13.8. The van der Waals surface area contributed by atoms with Crippen LogP contribution in [-0.4, -0.2) is 0 Å². The first kappa shape index (κ1) is 36.8. The normalized spacial score (nSPS) is 28.5. The highest BCUT2D eigenvalue weighted by Crippen LogP contribution is 2.69. The summed E-state index contributed by atoms with van der Waals surface area (Å²) in [7, 11) is 0. The van der Waals surface area contributed by atoms with E-state index in [0.29, 0.717) is 11.8 Å². The second-order valence-electron chi connectivity index (χ2n) is 22.4. The number of benzene rings is 5. The van der Waals surface area contributed by atoms with Crippen LogP contribution < -0.4 is 9.64 Å². The second-order valence-corrected chi connectivity index (χ2v) is 22.4. The zero-order valence-electron chi connectivity index (χ0n) is 36.3. The number of ether oxygens (including phenoxy) is 1. The van der Waals surface area contributed by atoms with E-state index < -0.39 is 0 Å². The molecule has 0 saturated heterocycles. The molecule has 5 aromatic rings. The van der Waals surface area contributed by atoms with Crippen molar-refractivity contribution in [3.63, 3.8) is 0 Å². The Morgan fingerprint density at radius 3 is 1.41 bits per heavy atom. The standard InChI is InChI=1S/C56H63NO/c1-52(2)22-24-54(5,6)47-32-41(15-19-44(47)52)57(42-16-20-45-48(33-42)55(7,8)25-23-53(45,3)4)43-17-21-50-49(34-43)56(39-27-35-26-36(29-39)30-40(56)28-35)46-18-14-38(31-51(46)58-50)37-12-10-9-11-13-37/h9-21,31-36,39-40H,22-30H2,1-8H3. The lowest BCUT2D eigenvalue weighted by molar-refractivity contribution is -0.0452. The zero-order valence-corrected chi connectivity index (χ0v) is 36.3. The fourth-order valence-corrected chi connectivity index (χ4v) is 13.8. The lowest BCUT2D eigenvalue weighted by Crippen LogP contribution is -2.57. The molecule has 1 aliphatic heterocycles. The van der Waals surface area contributed by atoms with E-state index >= 15 is 0 Å². The third-order valence-corrected chi connectivity index (χ3v) is 17.0. The van der Waals surface area contributed by atoms with Crippen LogP contribution in [0.25, 0.3) is 11.1 Å². The Labute approximate surface area is 348 Å². The van der Waals surface area contributed by atoms with Crippen molar-refractivity contribution in [2.75, 3.05) is 4.90 Å². The van der Waals surface area contributed by atoms with Gasteiger partial charge in [0.2, 0.25) is 0 Å². The average Bonchev–Trinajstić information content (AvgIpc) is 3.20. The van der Waals surface area contributed by atoms with Crippen molar-refractivity contribution in [1.82, 2.24) is 0 Å². The fraction of sp³-hybridized carbons (Fsp3) is 0.464. The molecular weight excluding hydrogens is 703 g/mol. The lowest BCUT2D eigenvalue weighted by Gasteiger charge is -2.63. The molecule has 4 bridgehead atoms. The molecule has 4 fully saturated rings. The van der Waals surface area contributed by atoms with Crippen LogP contribution in [-0.2, 0) is 27.1 Å². The maximum Gasteiger partial charge on any atom is 0.132 e. The highest BCUT2D eigenvalue weighted by atomic mass is 16.5. The molecule has 5 aromatic carbocycles. The van der Waals surface area contributed by atoms with Gasteiger partial charge in [-0.2, -0.15) is 0 Å². The summed E-state index contributed by atoms with van der Waals surface area (Å²) >= 11 is 0. The van der Waals surface area contributed by atoms with Gasteiger partial charge in [0, 0.05) is 33.6 Å². The molecule has 0 amide bonds. The smallest absolute Gasteiger partial charge is 0.132 e. The first-order chi connectivity index (χ1) is 27.6. The molecule has 1 heterocycles. The molecule has 1 spiro atoms. The first-order valence-electron chi connectivity index (χ1n) is 22.8. The molecule has 6 aliphatic carbocycles. The molecule has 4 saturated carbocycles. The molecule has 0 N–H and O–H groups in total. The van der Waals surface area contributed by atoms with Crippen LogP contribution in [0.1, 0.15) is 147 Å². The lowest BCUT2D eigenvalue weighted by atomic mass is 9.41. The van der Waals surface area contributed by atoms with Crippen LogP contribution in [0.2, 0.25) is 0 Å². The Morgan fingerprint density at radius 1 is 0.414 bits per heavy atom. The maximum absolute atomic E-state index is 7.15. The molecule has 0 unspecified atom stereocenters. The largest absolute Gasteiger partial charge is 0.457 e. The second kappa shape index (κ2) is 12.4. The summed E-state index contributed by atoms with van der Waals surface area (Å²) < 4.78 is 7.15. The number of fused-ring (bicyclic) bond motifs is 4. The predicted octanol–water partition coefficient (Wildman–Crippen LogP) is 15.4. The minimum atomic E-state index is -0.0447. The molecule has 2 heteroatoms. The summed E-state index contributed by atoms with van der Waals surface area (Å²) in [4.78, 5) is 2.62. The molecule has 2 nitrogen and oxygen atoms in total. The Kier molecular flexibility index (Phi) is 7.84. The van der Waals surface area contributed by atoms with E-state index in [4.69, 9.17) is 4.74 Å². The zero-order chi connectivity index (χ0) is 40.0. The summed E-state index contributed by atoms with van der Waals surface area (Å²) in [5, 5.41) is 0. The van der Waals surface area contributed by atoms with Gasteiger partial charge in [-0.25, -0.2) is 0 Å². The van der Waals surface area contributed by atoms with Crippen molar-refractivity contribution < 1.29 is 4.74 Å². The quantitative estimate of drug-likeness (QED) is 0.181. The molecule has 0 radical (unpaired) electrons. The minimum Gasteiger partial charge on any atom is -0.457 e. The predicted molar refractivity (Wildman–Crippen MR) is 241 cm³/mol. The van der Waals surface area contributed by atoms with Crippen molar-refractivity contribution in [3.05, 3.63) is 137 Å². The van der Waals surface area contributed by atoms with Gasteiger partial charge < -0.3 is 9.64 Å². The number of anilines is 3. The highest BCUT2D eigenvalue weighted by molar-refractivity contribution is 5.81. The van der Waals surface area contributed by atoms with E-state index in [-0.39, 0.29) is 27.1 Å². The van der Waals surface area contributed by atoms with Gasteiger partial charge in [-0.1, -0.05) is 110 Å². The molecule has 12 rings (SSSR count). The Hall–Kier alpha value is -4.30. The van der Waals surface area contributed by atoms with E-state index in [1.54, 1.807) is 0 Å². The highest BCUT2D eigenvalue weighted by Gasteiger charge is 2.61. The molecular formula is C56H63NO. The number of hydrogen-bond donors (Lipinski definition) is 0. The first-order valence-corrected chi connectivity index (χ1v) is 22.8. The Bertz CT molecular complexity index is 2350. The van der Waals surface area contributed by atoms with E-state index in [0.717, 1.165) is 23.3 Å². The van der Waals surface area contributed by atoms with Crippen molar-refractivity contribution >= 4 is 17.1 Å². The average molecular weight is 766 g/mol. The minimum absolute atomic E-state index is 0.0447. The van der Waals surface area contributed by atoms with E-state index in [9.17, 15) is 0 Å². The van der Waals surface area contributed by atoms with Crippen LogP contribution in [0.5, 0.6) is 11.5 Å². The van der Waals surface area contributed by atoms with Gasteiger partial charge in [-0.05, 0) is 185 Å². The monoisotopic (exact) mass is 765 g/mol. The summed E-state index contributed by atoms with van der Waals surface area (Å²) in [5.41, 5.74) is 15.7. The third-order valence-electron chi connectivity index (χ3n) is 17.0. The Morgan fingerprint density at radius 2 is 0.879 bits per heavy atom. The van der Waals surface area contributed by atoms with Gasteiger partial charge in [0.05, 0.1) is 0 Å². The van der Waals surface area contributed by atoms with Crippen LogP contribution in [0.3, 0.4) is 0 Å². The van der Waals surface area contributed by atoms with Gasteiger partial charge in [-0.3, -0.25) is 0 Å². The van der Waals surface area contributed by atoms with Gasteiger partial charge in [0.25, 0.3) is 0 Å². The molecule has 298 valence electrons. The topological polar surface area (TPSA) is 12.5 Å². The molecule has 7 aliphatic rings. The van der Waals surface area contributed by atoms with Gasteiger partial charge in [0.1, 0.15) is 11.5 Å². The number of rotatable bonds is 4. The third kappa shape index (κ3) is 5.34. The van der Waals surface area contributed by atoms with Crippen molar-refractivity contribution in [2.45, 2.75) is 140 Å².